The minimum Gasteiger partial charge on any atom is -0.494 e. The van der Waals surface area contributed by atoms with E-state index < -0.39 is 23.4 Å². The molecule has 3 aromatic carbocycles. The van der Waals surface area contributed by atoms with Crippen LogP contribution in [0, 0.1) is 17.0 Å². The van der Waals surface area contributed by atoms with E-state index in [2.05, 4.69) is 15.3 Å². The number of methoxy groups -OCH3 is 1. The second kappa shape index (κ2) is 12.1. The number of ether oxygens (including phenoxy) is 1. The summed E-state index contributed by atoms with van der Waals surface area (Å²) in [5.41, 5.74) is 7.01. The molecule has 40 heavy (non-hydrogen) atoms. The summed E-state index contributed by atoms with van der Waals surface area (Å²) in [7, 11) is 3.04. The molecule has 0 spiro atoms. The van der Waals surface area contributed by atoms with Crippen molar-refractivity contribution in [2.75, 3.05) is 30.1 Å². The zero-order valence-electron chi connectivity index (χ0n) is 22.0. The molecule has 0 aliphatic heterocycles. The van der Waals surface area contributed by atoms with Crippen LogP contribution in [0.5, 0.6) is 5.75 Å². The number of carbonyl (C=O) groups excluding carboxylic acids is 1. The third-order valence-corrected chi connectivity index (χ3v) is 6.19. The zero-order valence-corrected chi connectivity index (χ0v) is 22.0. The highest BCUT2D eigenvalue weighted by atomic mass is 19.2. The Morgan fingerprint density at radius 1 is 1.07 bits per heavy atom. The van der Waals surface area contributed by atoms with Gasteiger partial charge in [-0.2, -0.15) is 4.39 Å². The molecule has 4 rings (SSSR count). The van der Waals surface area contributed by atoms with Gasteiger partial charge in [-0.25, -0.2) is 19.4 Å². The van der Waals surface area contributed by atoms with Crippen molar-refractivity contribution in [3.63, 3.8) is 0 Å². The maximum atomic E-state index is 14.9. The van der Waals surface area contributed by atoms with Crippen LogP contribution in [-0.2, 0) is 0 Å². The number of benzene rings is 3. The highest BCUT2D eigenvalue weighted by Gasteiger charge is 2.25. The summed E-state index contributed by atoms with van der Waals surface area (Å²) < 4.78 is 34.2. The second-order valence-electron chi connectivity index (χ2n) is 8.71. The number of hydrogen-bond donors (Lipinski definition) is 3. The fraction of sp³-hybridized carbons (Fsp3) is 0.138. The lowest BCUT2D eigenvalue weighted by molar-refractivity contribution is 0.112. The van der Waals surface area contributed by atoms with E-state index in [1.54, 1.807) is 31.2 Å². The summed E-state index contributed by atoms with van der Waals surface area (Å²) >= 11 is 0. The summed E-state index contributed by atoms with van der Waals surface area (Å²) in [5, 5.41) is 11.9. The van der Waals surface area contributed by atoms with E-state index >= 15 is 0 Å². The zero-order chi connectivity index (χ0) is 28.8. The molecule has 4 aromatic rings. The van der Waals surface area contributed by atoms with Crippen LogP contribution in [0.3, 0.4) is 0 Å². The van der Waals surface area contributed by atoms with Gasteiger partial charge in [0.05, 0.1) is 30.1 Å². The number of nitrogen functional groups attached to an aromatic ring is 1. The fourth-order valence-electron chi connectivity index (χ4n) is 4.10. The molecule has 204 valence electrons. The van der Waals surface area contributed by atoms with Crippen LogP contribution in [0.4, 0.5) is 31.8 Å². The summed E-state index contributed by atoms with van der Waals surface area (Å²) in [6, 6.07) is 18.2. The minimum absolute atomic E-state index is 0.0205. The highest BCUT2D eigenvalue weighted by Crippen LogP contribution is 2.29. The molecule has 1 atom stereocenters. The number of rotatable bonds is 9. The number of anilines is 3. The van der Waals surface area contributed by atoms with Crippen molar-refractivity contribution in [2.24, 2.45) is 4.99 Å². The van der Waals surface area contributed by atoms with Gasteiger partial charge >= 0.3 is 0 Å². The third-order valence-electron chi connectivity index (χ3n) is 6.19. The molecule has 0 fully saturated rings. The second-order valence-corrected chi connectivity index (χ2v) is 8.71. The molecule has 0 amide bonds. The predicted octanol–water partition coefficient (Wildman–Crippen LogP) is 5.24. The van der Waals surface area contributed by atoms with Gasteiger partial charge in [-0.05, 0) is 43.3 Å². The van der Waals surface area contributed by atoms with E-state index in [1.165, 1.54) is 25.6 Å². The number of aromatic nitrogens is 2. The number of para-hydroxylation sites is 2. The lowest BCUT2D eigenvalue weighted by atomic mass is 10.0. The number of nitrogens with one attached hydrogen (secondary N) is 2. The first-order chi connectivity index (χ1) is 19.3. The third kappa shape index (κ3) is 5.63. The number of hydrogen-bond acceptors (Lipinski definition) is 8. The molecule has 9 nitrogen and oxygen atoms in total. The lowest BCUT2D eigenvalue weighted by Gasteiger charge is -2.28. The van der Waals surface area contributed by atoms with Crippen molar-refractivity contribution in [3.8, 4) is 5.75 Å². The lowest BCUT2D eigenvalue weighted by Crippen LogP contribution is -2.40. The molecule has 0 aliphatic rings. The van der Waals surface area contributed by atoms with Gasteiger partial charge in [0.2, 0.25) is 5.82 Å². The van der Waals surface area contributed by atoms with Crippen molar-refractivity contribution in [1.29, 1.82) is 5.41 Å². The Hall–Kier alpha value is -5.19. The van der Waals surface area contributed by atoms with Crippen LogP contribution in [0.1, 0.15) is 28.4 Å². The summed E-state index contributed by atoms with van der Waals surface area (Å²) in [4.78, 5) is 26.5. The molecule has 0 saturated heterocycles. The van der Waals surface area contributed by atoms with Crippen LogP contribution < -0.4 is 20.7 Å². The maximum absolute atomic E-state index is 14.9. The molecule has 0 radical (unpaired) electrons. The van der Waals surface area contributed by atoms with Crippen LogP contribution in [0.2, 0.25) is 0 Å². The largest absolute Gasteiger partial charge is 0.494 e. The quantitative estimate of drug-likeness (QED) is 0.150. The molecular weight excluding hydrogens is 516 g/mol. The van der Waals surface area contributed by atoms with Gasteiger partial charge in [0, 0.05) is 23.9 Å². The van der Waals surface area contributed by atoms with Gasteiger partial charge in [-0.3, -0.25) is 10.2 Å². The van der Waals surface area contributed by atoms with Crippen molar-refractivity contribution in [2.45, 2.75) is 13.0 Å². The first-order valence-corrected chi connectivity index (χ1v) is 12.2. The number of aliphatic imine (C=N–C) groups is 1. The smallest absolute Gasteiger partial charge is 0.201 e. The molecule has 11 heteroatoms. The Labute approximate surface area is 229 Å². The van der Waals surface area contributed by atoms with E-state index in [0.717, 1.165) is 12.0 Å². The van der Waals surface area contributed by atoms with Crippen molar-refractivity contribution in [3.05, 3.63) is 101 Å². The summed E-state index contributed by atoms with van der Waals surface area (Å²) in [5.74, 6) is -2.28. The Bertz CT molecular complexity index is 1580. The molecular formula is C29H27F2N7O2. The Kier molecular flexibility index (Phi) is 8.43. The number of halogens is 2. The van der Waals surface area contributed by atoms with E-state index in [4.69, 9.17) is 20.9 Å². The van der Waals surface area contributed by atoms with Crippen molar-refractivity contribution >= 4 is 40.8 Å². The molecule has 4 N–H and O–H groups in total. The monoisotopic (exact) mass is 543 g/mol. The molecule has 0 bridgehead atoms. The van der Waals surface area contributed by atoms with Crippen LogP contribution in [0.15, 0.2) is 78.0 Å². The minimum atomic E-state index is -1.26. The standard InChI is InChI=1S/C29H27F2N7O2/c1-17(29(38(2)19-10-5-4-6-11-19)37-21-12-8-7-9-18(21)15-39)36-28-23(27(33)34-16-35-28)26(32)20-13-14-22(40-3)25(31)24(20)30/h4-17,32H,1-3H3,(H3,33,34,35,36). The predicted molar refractivity (Wildman–Crippen MR) is 152 cm³/mol. The normalized spacial score (nSPS) is 12.0. The molecule has 0 aliphatic carbocycles. The molecule has 1 unspecified atom stereocenters. The maximum Gasteiger partial charge on any atom is 0.201 e. The van der Waals surface area contributed by atoms with E-state index in [9.17, 15) is 13.6 Å². The van der Waals surface area contributed by atoms with Crippen molar-refractivity contribution < 1.29 is 18.3 Å². The topological polar surface area (TPSA) is 130 Å². The number of nitrogens with zero attached hydrogens (tertiary/aromatic N) is 4. The van der Waals surface area contributed by atoms with Crippen LogP contribution >= 0.6 is 0 Å². The van der Waals surface area contributed by atoms with Gasteiger partial charge in [0.1, 0.15) is 23.8 Å². The van der Waals surface area contributed by atoms with Gasteiger partial charge in [-0.15, -0.1) is 0 Å². The number of amidine groups is 1. The van der Waals surface area contributed by atoms with Gasteiger partial charge in [-0.1, -0.05) is 30.3 Å². The Morgan fingerprint density at radius 2 is 1.77 bits per heavy atom. The van der Waals surface area contributed by atoms with Crippen LogP contribution in [0.25, 0.3) is 0 Å². The molecule has 1 heterocycles. The summed E-state index contributed by atoms with van der Waals surface area (Å²) in [6.07, 6.45) is 1.93. The molecule has 1 aromatic heterocycles. The fourth-order valence-corrected chi connectivity index (χ4v) is 4.10. The van der Waals surface area contributed by atoms with E-state index in [1.807, 2.05) is 42.3 Å². The SMILES string of the molecule is COc1ccc(C(=N)c2c(N)ncnc2NC(C)C(=Nc2ccccc2C=O)N(C)c2ccccc2)c(F)c1F. The number of likely N-dealkylation sites (N-methyl/N-ethyl adjacent to an activating group) is 1. The first kappa shape index (κ1) is 27.8. The first-order valence-electron chi connectivity index (χ1n) is 12.2. The van der Waals surface area contributed by atoms with Gasteiger partial charge in [0.25, 0.3) is 0 Å². The average molecular weight is 544 g/mol. The van der Waals surface area contributed by atoms with Crippen LogP contribution in [-0.4, -0.2) is 48.0 Å². The highest BCUT2D eigenvalue weighted by molar-refractivity contribution is 6.16. The van der Waals surface area contributed by atoms with Gasteiger partial charge < -0.3 is 20.7 Å². The average Bonchev–Trinajstić information content (AvgIpc) is 2.97. The summed E-state index contributed by atoms with van der Waals surface area (Å²) in [6.45, 7) is 1.81. The number of aldehydes is 1. The Morgan fingerprint density at radius 3 is 2.48 bits per heavy atom. The molecule has 0 saturated carbocycles. The number of nitrogens with two attached hydrogens (primary N) is 1. The number of carbonyl (C=O) groups is 1. The van der Waals surface area contributed by atoms with E-state index in [0.29, 0.717) is 17.1 Å². The van der Waals surface area contributed by atoms with E-state index in [-0.39, 0.29) is 28.5 Å². The Balaban J connectivity index is 1.78. The van der Waals surface area contributed by atoms with Crippen molar-refractivity contribution in [1.82, 2.24) is 9.97 Å². The van der Waals surface area contributed by atoms with Gasteiger partial charge in [0.15, 0.2) is 17.9 Å².